The predicted molar refractivity (Wildman–Crippen MR) is 77.8 cm³/mol. The van der Waals surface area contributed by atoms with Crippen LogP contribution in [0.5, 0.6) is 11.8 Å². The number of methoxy groups -OCH3 is 1. The van der Waals surface area contributed by atoms with Gasteiger partial charge in [0.25, 0.3) is 6.01 Å². The molecule has 1 aromatic heterocycles. The number of aromatic amines is 1. The number of H-pyrrole nitrogens is 1. The largest absolute Gasteiger partial charge is 0.497 e. The van der Waals surface area contributed by atoms with Crippen molar-refractivity contribution >= 4 is 16.7 Å². The van der Waals surface area contributed by atoms with Crippen molar-refractivity contribution in [2.24, 2.45) is 0 Å². The lowest BCUT2D eigenvalue weighted by molar-refractivity contribution is 0.284. The van der Waals surface area contributed by atoms with Gasteiger partial charge in [-0.05, 0) is 35.9 Å². The van der Waals surface area contributed by atoms with Gasteiger partial charge in [-0.2, -0.15) is 4.98 Å². The Balaban J connectivity index is 1.76. The molecule has 20 heavy (non-hydrogen) atoms. The second-order valence-electron chi connectivity index (χ2n) is 4.46. The molecule has 0 bridgehead atoms. The van der Waals surface area contributed by atoms with Crippen LogP contribution in [0.15, 0.2) is 42.5 Å². The molecule has 5 heteroatoms. The fourth-order valence-corrected chi connectivity index (χ4v) is 1.99. The summed E-state index contributed by atoms with van der Waals surface area (Å²) in [4.78, 5) is 7.44. The number of ether oxygens (including phenoxy) is 2. The Morgan fingerprint density at radius 1 is 1.20 bits per heavy atom. The summed E-state index contributed by atoms with van der Waals surface area (Å²) in [7, 11) is 1.64. The molecule has 0 saturated carbocycles. The number of hydrogen-bond acceptors (Lipinski definition) is 4. The van der Waals surface area contributed by atoms with Gasteiger partial charge in [0, 0.05) is 5.69 Å². The fourth-order valence-electron chi connectivity index (χ4n) is 1.99. The van der Waals surface area contributed by atoms with Crippen LogP contribution < -0.4 is 15.2 Å². The summed E-state index contributed by atoms with van der Waals surface area (Å²) in [6, 6.07) is 13.7. The summed E-state index contributed by atoms with van der Waals surface area (Å²) in [6.07, 6.45) is 0. The molecule has 5 nitrogen and oxygen atoms in total. The lowest BCUT2D eigenvalue weighted by Gasteiger charge is -2.04. The van der Waals surface area contributed by atoms with Gasteiger partial charge in [-0.1, -0.05) is 12.1 Å². The van der Waals surface area contributed by atoms with E-state index in [1.807, 2.05) is 42.5 Å². The van der Waals surface area contributed by atoms with Crippen molar-refractivity contribution in [3.05, 3.63) is 48.0 Å². The molecular weight excluding hydrogens is 254 g/mol. The molecule has 102 valence electrons. The topological polar surface area (TPSA) is 73.2 Å². The summed E-state index contributed by atoms with van der Waals surface area (Å²) < 4.78 is 10.8. The van der Waals surface area contributed by atoms with Gasteiger partial charge in [0.15, 0.2) is 0 Å². The van der Waals surface area contributed by atoms with Crippen molar-refractivity contribution in [1.82, 2.24) is 9.97 Å². The maximum absolute atomic E-state index is 5.73. The quantitative estimate of drug-likeness (QED) is 0.714. The number of benzene rings is 2. The van der Waals surface area contributed by atoms with E-state index in [-0.39, 0.29) is 0 Å². The molecule has 1 heterocycles. The van der Waals surface area contributed by atoms with Crippen molar-refractivity contribution in [2.45, 2.75) is 6.61 Å². The van der Waals surface area contributed by atoms with E-state index in [2.05, 4.69) is 9.97 Å². The second-order valence-corrected chi connectivity index (χ2v) is 4.46. The highest BCUT2D eigenvalue weighted by Crippen LogP contribution is 2.19. The molecule has 0 aliphatic heterocycles. The summed E-state index contributed by atoms with van der Waals surface area (Å²) in [5.41, 5.74) is 9.14. The minimum atomic E-state index is 0.423. The van der Waals surface area contributed by atoms with E-state index in [1.165, 1.54) is 0 Å². The van der Waals surface area contributed by atoms with E-state index in [0.29, 0.717) is 18.3 Å². The molecule has 0 unspecified atom stereocenters. The van der Waals surface area contributed by atoms with Crippen molar-refractivity contribution in [3.63, 3.8) is 0 Å². The Hall–Kier alpha value is -2.69. The fraction of sp³-hybridized carbons (Fsp3) is 0.133. The van der Waals surface area contributed by atoms with Crippen LogP contribution in [0.4, 0.5) is 5.69 Å². The average Bonchev–Trinajstić information content (AvgIpc) is 2.87. The van der Waals surface area contributed by atoms with Gasteiger partial charge in [0.05, 0.1) is 18.1 Å². The number of aromatic nitrogens is 2. The standard InChI is InChI=1S/C15H15N3O2/c1-19-12-4-2-3-10(7-12)9-20-15-17-13-6-5-11(16)8-14(13)18-15/h2-8H,9,16H2,1H3,(H,17,18). The number of nitrogens with one attached hydrogen (secondary N) is 1. The number of anilines is 1. The molecule has 0 aliphatic rings. The summed E-state index contributed by atoms with van der Waals surface area (Å²) in [5.74, 6) is 0.809. The van der Waals surface area contributed by atoms with E-state index in [1.54, 1.807) is 7.11 Å². The number of nitrogens with zero attached hydrogens (tertiary/aromatic N) is 1. The van der Waals surface area contributed by atoms with Crippen LogP contribution in [0.2, 0.25) is 0 Å². The van der Waals surface area contributed by atoms with E-state index < -0.39 is 0 Å². The van der Waals surface area contributed by atoms with Gasteiger partial charge in [0.2, 0.25) is 0 Å². The predicted octanol–water partition coefficient (Wildman–Crippen LogP) is 2.73. The maximum atomic E-state index is 5.73. The molecule has 3 N–H and O–H groups in total. The van der Waals surface area contributed by atoms with Crippen LogP contribution in [-0.4, -0.2) is 17.1 Å². The average molecular weight is 269 g/mol. The third kappa shape index (κ3) is 2.51. The van der Waals surface area contributed by atoms with Crippen LogP contribution >= 0.6 is 0 Å². The summed E-state index contributed by atoms with van der Waals surface area (Å²) >= 11 is 0. The number of imidazole rings is 1. The molecule has 3 rings (SSSR count). The Kier molecular flexibility index (Phi) is 3.16. The lowest BCUT2D eigenvalue weighted by atomic mass is 10.2. The number of hydrogen-bond donors (Lipinski definition) is 2. The number of nitrogens with two attached hydrogens (primary N) is 1. The van der Waals surface area contributed by atoms with Gasteiger partial charge in [-0.25, -0.2) is 0 Å². The first kappa shape index (κ1) is 12.3. The highest BCUT2D eigenvalue weighted by Gasteiger charge is 2.04. The van der Waals surface area contributed by atoms with Crippen molar-refractivity contribution in [2.75, 3.05) is 12.8 Å². The minimum Gasteiger partial charge on any atom is -0.497 e. The zero-order valence-corrected chi connectivity index (χ0v) is 11.1. The van der Waals surface area contributed by atoms with Crippen LogP contribution in [0.25, 0.3) is 11.0 Å². The van der Waals surface area contributed by atoms with Crippen molar-refractivity contribution in [1.29, 1.82) is 0 Å². The molecule has 0 fully saturated rings. The molecule has 0 spiro atoms. The number of rotatable bonds is 4. The molecule has 0 aliphatic carbocycles. The van der Waals surface area contributed by atoms with Crippen LogP contribution in [0.3, 0.4) is 0 Å². The van der Waals surface area contributed by atoms with Gasteiger partial charge in [0.1, 0.15) is 12.4 Å². The first-order valence-corrected chi connectivity index (χ1v) is 6.25. The minimum absolute atomic E-state index is 0.423. The normalized spacial score (nSPS) is 10.7. The van der Waals surface area contributed by atoms with Gasteiger partial charge in [-0.3, -0.25) is 0 Å². The first-order chi connectivity index (χ1) is 9.74. The molecular formula is C15H15N3O2. The zero-order chi connectivity index (χ0) is 13.9. The Morgan fingerprint density at radius 2 is 2.10 bits per heavy atom. The summed E-state index contributed by atoms with van der Waals surface area (Å²) in [5, 5.41) is 0. The van der Waals surface area contributed by atoms with Gasteiger partial charge >= 0.3 is 0 Å². The molecule has 0 saturated heterocycles. The highest BCUT2D eigenvalue weighted by atomic mass is 16.5. The van der Waals surface area contributed by atoms with Gasteiger partial charge < -0.3 is 20.2 Å². The maximum Gasteiger partial charge on any atom is 0.294 e. The molecule has 0 atom stereocenters. The lowest BCUT2D eigenvalue weighted by Crippen LogP contribution is -1.97. The third-order valence-electron chi connectivity index (χ3n) is 2.99. The first-order valence-electron chi connectivity index (χ1n) is 6.25. The summed E-state index contributed by atoms with van der Waals surface area (Å²) in [6.45, 7) is 0.423. The zero-order valence-electron chi connectivity index (χ0n) is 11.1. The van der Waals surface area contributed by atoms with Crippen molar-refractivity contribution < 1.29 is 9.47 Å². The van der Waals surface area contributed by atoms with E-state index in [9.17, 15) is 0 Å². The van der Waals surface area contributed by atoms with Crippen molar-refractivity contribution in [3.8, 4) is 11.8 Å². The van der Waals surface area contributed by atoms with Gasteiger partial charge in [-0.15, -0.1) is 0 Å². The van der Waals surface area contributed by atoms with Crippen LogP contribution in [0, 0.1) is 0 Å². The second kappa shape index (κ2) is 5.13. The number of nitrogen functional groups attached to an aromatic ring is 1. The highest BCUT2D eigenvalue weighted by molar-refractivity contribution is 5.79. The monoisotopic (exact) mass is 269 g/mol. The van der Waals surface area contributed by atoms with E-state index in [0.717, 1.165) is 22.3 Å². The van der Waals surface area contributed by atoms with Crippen LogP contribution in [-0.2, 0) is 6.61 Å². The van der Waals surface area contributed by atoms with E-state index >= 15 is 0 Å². The SMILES string of the molecule is COc1cccc(COc2nc3ccc(N)cc3[nH]2)c1. The third-order valence-corrected chi connectivity index (χ3v) is 2.99. The smallest absolute Gasteiger partial charge is 0.294 e. The molecule has 0 amide bonds. The molecule has 0 radical (unpaired) electrons. The molecule has 2 aromatic carbocycles. The Morgan fingerprint density at radius 3 is 2.95 bits per heavy atom. The van der Waals surface area contributed by atoms with Crippen LogP contribution in [0.1, 0.15) is 5.56 Å². The Bertz CT molecular complexity index is 737. The Labute approximate surface area is 116 Å². The van der Waals surface area contributed by atoms with E-state index in [4.69, 9.17) is 15.2 Å². The number of fused-ring (bicyclic) bond motifs is 1. The molecule has 3 aromatic rings.